The van der Waals surface area contributed by atoms with Crippen molar-refractivity contribution in [1.82, 2.24) is 14.9 Å². The van der Waals surface area contributed by atoms with E-state index in [1.165, 1.54) is 30.2 Å². The van der Waals surface area contributed by atoms with Gasteiger partial charge in [0.1, 0.15) is 0 Å². The molecular weight excluding hydrogens is 394 g/mol. The number of carbonyl (C=O) groups excluding carboxylic acids is 1. The van der Waals surface area contributed by atoms with E-state index in [2.05, 4.69) is 12.2 Å². The van der Waals surface area contributed by atoms with Crippen molar-refractivity contribution in [2.24, 2.45) is 0 Å². The molecule has 1 amide bonds. The van der Waals surface area contributed by atoms with Gasteiger partial charge in [-0.1, -0.05) is 55.8 Å². The maximum Gasteiger partial charge on any atom is 0.266 e. The average molecular weight is 422 g/mol. The van der Waals surface area contributed by atoms with Crippen molar-refractivity contribution in [3.8, 4) is 5.69 Å². The summed E-state index contributed by atoms with van der Waals surface area (Å²) in [6.45, 7) is 3.98. The number of nitrogens with one attached hydrogen (secondary N) is 1. The van der Waals surface area contributed by atoms with Crippen molar-refractivity contribution in [2.45, 2.75) is 62.4 Å². The third kappa shape index (κ3) is 4.29. The molecule has 3 aromatic rings. The Morgan fingerprint density at radius 3 is 2.57 bits per heavy atom. The lowest BCUT2D eigenvalue weighted by Gasteiger charge is -2.18. The maximum atomic E-state index is 13.3. The Hall–Kier alpha value is -2.60. The molecule has 1 saturated carbocycles. The molecule has 156 valence electrons. The quantitative estimate of drug-likeness (QED) is 0.471. The second-order valence-corrected chi connectivity index (χ2v) is 9.13. The first kappa shape index (κ1) is 20.7. The summed E-state index contributed by atoms with van der Waals surface area (Å²) >= 11 is 1.34. The number of amides is 1. The smallest absolute Gasteiger partial charge is 0.266 e. The van der Waals surface area contributed by atoms with Gasteiger partial charge in [-0.25, -0.2) is 4.98 Å². The number of hydrogen-bond acceptors (Lipinski definition) is 4. The first-order valence-electron chi connectivity index (χ1n) is 10.6. The second kappa shape index (κ2) is 9.04. The van der Waals surface area contributed by atoms with Gasteiger partial charge in [-0.05, 0) is 56.0 Å². The average Bonchev–Trinajstić information content (AvgIpc) is 3.27. The number of fused-ring (bicyclic) bond motifs is 1. The third-order valence-electron chi connectivity index (χ3n) is 5.70. The Labute approximate surface area is 180 Å². The molecule has 1 aliphatic rings. The van der Waals surface area contributed by atoms with Crippen LogP contribution < -0.4 is 10.9 Å². The number of benzene rings is 2. The summed E-state index contributed by atoms with van der Waals surface area (Å²) in [7, 11) is 0. The van der Waals surface area contributed by atoms with Crippen LogP contribution in [0.1, 0.15) is 45.1 Å². The minimum atomic E-state index is -0.347. The predicted octanol–water partition coefficient (Wildman–Crippen LogP) is 4.49. The van der Waals surface area contributed by atoms with Gasteiger partial charge in [0.2, 0.25) is 5.91 Å². The van der Waals surface area contributed by atoms with Crippen LogP contribution in [0.5, 0.6) is 0 Å². The number of para-hydroxylation sites is 1. The Morgan fingerprint density at radius 1 is 1.17 bits per heavy atom. The highest BCUT2D eigenvalue weighted by atomic mass is 32.2. The molecule has 0 saturated heterocycles. The van der Waals surface area contributed by atoms with Gasteiger partial charge >= 0.3 is 0 Å². The van der Waals surface area contributed by atoms with Crippen LogP contribution in [0.2, 0.25) is 0 Å². The molecule has 1 N–H and O–H groups in total. The monoisotopic (exact) mass is 421 g/mol. The van der Waals surface area contributed by atoms with Crippen LogP contribution in [0, 0.1) is 0 Å². The van der Waals surface area contributed by atoms with Gasteiger partial charge in [-0.2, -0.15) is 0 Å². The second-order valence-electron chi connectivity index (χ2n) is 7.82. The van der Waals surface area contributed by atoms with Gasteiger partial charge in [-0.15, -0.1) is 0 Å². The van der Waals surface area contributed by atoms with Crippen LogP contribution in [0.4, 0.5) is 0 Å². The van der Waals surface area contributed by atoms with E-state index in [9.17, 15) is 9.59 Å². The number of aromatic nitrogens is 2. The molecule has 0 aliphatic heterocycles. The zero-order valence-electron chi connectivity index (χ0n) is 17.4. The highest BCUT2D eigenvalue weighted by molar-refractivity contribution is 8.00. The van der Waals surface area contributed by atoms with E-state index in [0.717, 1.165) is 24.9 Å². The van der Waals surface area contributed by atoms with Gasteiger partial charge in [0.15, 0.2) is 5.16 Å². The molecule has 0 radical (unpaired) electrons. The maximum absolute atomic E-state index is 13.3. The number of rotatable bonds is 6. The van der Waals surface area contributed by atoms with Crippen molar-refractivity contribution >= 4 is 28.6 Å². The summed E-state index contributed by atoms with van der Waals surface area (Å²) in [6, 6.07) is 15.6. The minimum absolute atomic E-state index is 0.00203. The molecule has 0 spiro atoms. The van der Waals surface area contributed by atoms with Crippen LogP contribution in [0.3, 0.4) is 0 Å². The normalized spacial score (nSPS) is 15.4. The number of carbonyl (C=O) groups is 1. The van der Waals surface area contributed by atoms with E-state index in [0.29, 0.717) is 16.1 Å². The zero-order chi connectivity index (χ0) is 21.1. The number of aryl methyl sites for hydroxylation is 1. The third-order valence-corrected chi connectivity index (χ3v) is 6.75. The largest absolute Gasteiger partial charge is 0.352 e. The fourth-order valence-corrected chi connectivity index (χ4v) is 4.84. The summed E-state index contributed by atoms with van der Waals surface area (Å²) in [6.07, 6.45) is 5.38. The molecule has 1 aliphatic carbocycles. The van der Waals surface area contributed by atoms with Crippen LogP contribution in [-0.4, -0.2) is 26.8 Å². The van der Waals surface area contributed by atoms with Crippen molar-refractivity contribution in [2.75, 3.05) is 0 Å². The Morgan fingerprint density at radius 2 is 1.87 bits per heavy atom. The van der Waals surface area contributed by atoms with Crippen LogP contribution >= 0.6 is 11.8 Å². The molecule has 2 aromatic carbocycles. The van der Waals surface area contributed by atoms with Crippen LogP contribution in [0.25, 0.3) is 16.6 Å². The first-order valence-corrected chi connectivity index (χ1v) is 11.5. The molecular formula is C24H27N3O2S. The van der Waals surface area contributed by atoms with E-state index in [1.807, 2.05) is 49.4 Å². The summed E-state index contributed by atoms with van der Waals surface area (Å²) < 4.78 is 1.63. The van der Waals surface area contributed by atoms with E-state index in [-0.39, 0.29) is 22.8 Å². The lowest BCUT2D eigenvalue weighted by Crippen LogP contribution is -2.38. The highest BCUT2D eigenvalue weighted by Gasteiger charge is 2.23. The van der Waals surface area contributed by atoms with Crippen LogP contribution in [-0.2, 0) is 11.2 Å². The topological polar surface area (TPSA) is 64.0 Å². The van der Waals surface area contributed by atoms with E-state index < -0.39 is 0 Å². The van der Waals surface area contributed by atoms with Gasteiger partial charge in [0, 0.05) is 6.04 Å². The standard InChI is InChI=1S/C24H27N3O2S/c1-3-17-12-14-19(15-13-17)27-23(29)20-10-6-7-11-21(20)26-24(27)30-16(2)22(28)25-18-8-4-5-9-18/h6-7,10-16,18H,3-5,8-9H2,1-2H3,(H,25,28)/t16-/m1/s1. The minimum Gasteiger partial charge on any atom is -0.352 e. The predicted molar refractivity (Wildman–Crippen MR) is 122 cm³/mol. The molecule has 1 heterocycles. The molecule has 1 aromatic heterocycles. The molecule has 30 heavy (non-hydrogen) atoms. The zero-order valence-corrected chi connectivity index (χ0v) is 18.2. The molecule has 1 fully saturated rings. The lowest BCUT2D eigenvalue weighted by molar-refractivity contribution is -0.120. The fraction of sp³-hybridized carbons (Fsp3) is 0.375. The molecule has 1 atom stereocenters. The molecule has 5 nitrogen and oxygen atoms in total. The summed E-state index contributed by atoms with van der Waals surface area (Å²) in [5, 5.41) is 3.92. The summed E-state index contributed by atoms with van der Waals surface area (Å²) in [4.78, 5) is 30.8. The Kier molecular flexibility index (Phi) is 6.23. The summed E-state index contributed by atoms with van der Waals surface area (Å²) in [5.74, 6) is 0.00203. The van der Waals surface area contributed by atoms with E-state index in [1.54, 1.807) is 10.6 Å². The number of thioether (sulfide) groups is 1. The van der Waals surface area contributed by atoms with Gasteiger partial charge < -0.3 is 5.32 Å². The van der Waals surface area contributed by atoms with Crippen molar-refractivity contribution in [1.29, 1.82) is 0 Å². The lowest BCUT2D eigenvalue weighted by atomic mass is 10.1. The fourth-order valence-electron chi connectivity index (χ4n) is 3.90. The molecule has 0 bridgehead atoms. The Bertz CT molecular complexity index is 1100. The van der Waals surface area contributed by atoms with Crippen molar-refractivity contribution in [3.05, 3.63) is 64.4 Å². The van der Waals surface area contributed by atoms with Gasteiger partial charge in [-0.3, -0.25) is 14.2 Å². The number of hydrogen-bond donors (Lipinski definition) is 1. The SMILES string of the molecule is CCc1ccc(-n2c(S[C@H](C)C(=O)NC3CCCC3)nc3ccccc3c2=O)cc1. The van der Waals surface area contributed by atoms with E-state index in [4.69, 9.17) is 4.98 Å². The molecule has 4 rings (SSSR count). The van der Waals surface area contributed by atoms with Crippen molar-refractivity contribution < 1.29 is 4.79 Å². The van der Waals surface area contributed by atoms with E-state index >= 15 is 0 Å². The highest BCUT2D eigenvalue weighted by Crippen LogP contribution is 2.26. The summed E-state index contributed by atoms with van der Waals surface area (Å²) in [5.41, 5.74) is 2.51. The van der Waals surface area contributed by atoms with Gasteiger partial charge in [0.05, 0.1) is 21.8 Å². The van der Waals surface area contributed by atoms with Gasteiger partial charge in [0.25, 0.3) is 5.56 Å². The number of nitrogens with zero attached hydrogens (tertiary/aromatic N) is 2. The Balaban J connectivity index is 1.71. The van der Waals surface area contributed by atoms with Crippen molar-refractivity contribution in [3.63, 3.8) is 0 Å². The molecule has 6 heteroatoms. The first-order chi connectivity index (χ1) is 14.6. The van der Waals surface area contributed by atoms with Crippen LogP contribution in [0.15, 0.2) is 58.5 Å². The molecule has 0 unspecified atom stereocenters.